The first-order valence-electron chi connectivity index (χ1n) is 6.60. The van der Waals surface area contributed by atoms with Gasteiger partial charge in [-0.1, -0.05) is 6.07 Å². The first kappa shape index (κ1) is 15.5. The Labute approximate surface area is 121 Å². The number of aliphatic hydroxyl groups is 1. The number of halogens is 3. The summed E-state index contributed by atoms with van der Waals surface area (Å²) < 4.78 is 40.5. The maximum absolute atomic E-state index is 13.8. The Morgan fingerprint density at radius 3 is 2.38 bits per heavy atom. The second-order valence-corrected chi connectivity index (χ2v) is 4.92. The van der Waals surface area contributed by atoms with Crippen LogP contribution < -0.4 is 5.73 Å². The zero-order valence-corrected chi connectivity index (χ0v) is 11.3. The minimum Gasteiger partial charge on any atom is -0.396 e. The van der Waals surface area contributed by atoms with Gasteiger partial charge in [0, 0.05) is 18.2 Å². The van der Waals surface area contributed by atoms with E-state index in [2.05, 4.69) is 0 Å². The van der Waals surface area contributed by atoms with E-state index in [1.165, 1.54) is 24.3 Å². The molecule has 0 aliphatic carbocycles. The lowest BCUT2D eigenvalue weighted by Gasteiger charge is -2.13. The van der Waals surface area contributed by atoms with E-state index in [0.717, 1.165) is 12.1 Å². The van der Waals surface area contributed by atoms with E-state index in [4.69, 9.17) is 10.8 Å². The van der Waals surface area contributed by atoms with Crippen molar-refractivity contribution in [2.24, 2.45) is 11.7 Å². The van der Waals surface area contributed by atoms with Crippen LogP contribution >= 0.6 is 0 Å². The van der Waals surface area contributed by atoms with Crippen LogP contribution in [0.4, 0.5) is 13.2 Å². The van der Waals surface area contributed by atoms with E-state index < -0.39 is 17.5 Å². The predicted octanol–water partition coefficient (Wildman–Crippen LogP) is 2.88. The molecule has 0 aliphatic heterocycles. The van der Waals surface area contributed by atoms with Crippen molar-refractivity contribution < 1.29 is 18.3 Å². The highest BCUT2D eigenvalue weighted by Crippen LogP contribution is 2.26. The molecule has 112 valence electrons. The topological polar surface area (TPSA) is 46.2 Å². The molecular weight excluding hydrogens is 279 g/mol. The molecule has 2 nitrogen and oxygen atoms in total. The molecule has 2 aromatic rings. The van der Waals surface area contributed by atoms with Crippen molar-refractivity contribution in [3.63, 3.8) is 0 Å². The number of aliphatic hydroxyl groups excluding tert-OH is 1. The van der Waals surface area contributed by atoms with Gasteiger partial charge in [-0.2, -0.15) is 0 Å². The summed E-state index contributed by atoms with van der Waals surface area (Å²) in [5.41, 5.74) is 6.49. The van der Waals surface area contributed by atoms with E-state index in [-0.39, 0.29) is 31.1 Å². The number of benzene rings is 2. The lowest BCUT2D eigenvalue weighted by atomic mass is 9.96. The van der Waals surface area contributed by atoms with Crippen molar-refractivity contribution in [2.45, 2.75) is 6.42 Å². The molecule has 2 rings (SSSR count). The fourth-order valence-electron chi connectivity index (χ4n) is 2.16. The van der Waals surface area contributed by atoms with Crippen molar-refractivity contribution in [3.8, 4) is 11.1 Å². The molecule has 5 heteroatoms. The van der Waals surface area contributed by atoms with Gasteiger partial charge in [0.15, 0.2) is 0 Å². The summed E-state index contributed by atoms with van der Waals surface area (Å²) in [6.07, 6.45) is 0.259. The third-order valence-corrected chi connectivity index (χ3v) is 3.39. The first-order chi connectivity index (χ1) is 10.0. The summed E-state index contributed by atoms with van der Waals surface area (Å²) >= 11 is 0. The summed E-state index contributed by atoms with van der Waals surface area (Å²) in [6.45, 7) is 0.0795. The molecule has 0 aromatic heterocycles. The Bertz CT molecular complexity index is 627. The Hall–Kier alpha value is -1.85. The van der Waals surface area contributed by atoms with Gasteiger partial charge in [0.2, 0.25) is 0 Å². The standard InChI is InChI=1S/C16H16F3NO/c17-13-2-3-14(16(19)7-13)11-1-4-15(18)12(6-11)5-10(8-20)9-21/h1-4,6-7,10,21H,5,8-9,20H2. The van der Waals surface area contributed by atoms with Gasteiger partial charge in [-0.25, -0.2) is 13.2 Å². The molecule has 3 N–H and O–H groups in total. The molecule has 0 amide bonds. The highest BCUT2D eigenvalue weighted by Gasteiger charge is 2.13. The van der Waals surface area contributed by atoms with Crippen LogP contribution in [0.5, 0.6) is 0 Å². The summed E-state index contributed by atoms with van der Waals surface area (Å²) in [5.74, 6) is -2.06. The summed E-state index contributed by atoms with van der Waals surface area (Å²) in [5, 5.41) is 9.14. The van der Waals surface area contributed by atoms with Crippen LogP contribution in [-0.2, 0) is 6.42 Å². The van der Waals surface area contributed by atoms with Crippen molar-refractivity contribution in [3.05, 3.63) is 59.4 Å². The van der Waals surface area contributed by atoms with Crippen LogP contribution in [0.1, 0.15) is 5.56 Å². The van der Waals surface area contributed by atoms with E-state index >= 15 is 0 Å². The van der Waals surface area contributed by atoms with Gasteiger partial charge in [0.25, 0.3) is 0 Å². The van der Waals surface area contributed by atoms with Crippen molar-refractivity contribution >= 4 is 0 Å². The molecular formula is C16H16F3NO. The van der Waals surface area contributed by atoms with Crippen LogP contribution in [0.25, 0.3) is 11.1 Å². The van der Waals surface area contributed by atoms with Crippen LogP contribution in [0.3, 0.4) is 0 Å². The summed E-state index contributed by atoms with van der Waals surface area (Å²) in [6, 6.07) is 7.43. The molecule has 2 aromatic carbocycles. The molecule has 0 heterocycles. The summed E-state index contributed by atoms with van der Waals surface area (Å²) in [4.78, 5) is 0. The van der Waals surface area contributed by atoms with Crippen molar-refractivity contribution in [1.82, 2.24) is 0 Å². The van der Waals surface area contributed by atoms with Gasteiger partial charge >= 0.3 is 0 Å². The van der Waals surface area contributed by atoms with Gasteiger partial charge in [0.1, 0.15) is 17.5 Å². The maximum Gasteiger partial charge on any atom is 0.133 e. The Morgan fingerprint density at radius 1 is 1.00 bits per heavy atom. The SMILES string of the molecule is NCC(CO)Cc1cc(-c2ccc(F)cc2F)ccc1F. The summed E-state index contributed by atoms with van der Waals surface area (Å²) in [7, 11) is 0. The Morgan fingerprint density at radius 2 is 1.76 bits per heavy atom. The molecule has 0 fully saturated rings. The average Bonchev–Trinajstić information content (AvgIpc) is 2.47. The smallest absolute Gasteiger partial charge is 0.133 e. The lowest BCUT2D eigenvalue weighted by molar-refractivity contribution is 0.229. The fourth-order valence-corrected chi connectivity index (χ4v) is 2.16. The van der Waals surface area contributed by atoms with Crippen molar-refractivity contribution in [2.75, 3.05) is 13.2 Å². The van der Waals surface area contributed by atoms with Crippen LogP contribution in [-0.4, -0.2) is 18.3 Å². The van der Waals surface area contributed by atoms with E-state index in [1.807, 2.05) is 0 Å². The average molecular weight is 295 g/mol. The molecule has 0 saturated heterocycles. The zero-order chi connectivity index (χ0) is 15.4. The van der Waals surface area contributed by atoms with Gasteiger partial charge in [-0.05, 0) is 54.3 Å². The Kier molecular flexibility index (Phi) is 4.98. The first-order valence-corrected chi connectivity index (χ1v) is 6.60. The number of rotatable bonds is 5. The van der Waals surface area contributed by atoms with Gasteiger partial charge in [0.05, 0.1) is 0 Å². The fraction of sp³-hybridized carbons (Fsp3) is 0.250. The molecule has 21 heavy (non-hydrogen) atoms. The monoisotopic (exact) mass is 295 g/mol. The quantitative estimate of drug-likeness (QED) is 0.891. The van der Waals surface area contributed by atoms with E-state index in [1.54, 1.807) is 0 Å². The van der Waals surface area contributed by atoms with Crippen LogP contribution in [0.2, 0.25) is 0 Å². The molecule has 1 atom stereocenters. The van der Waals surface area contributed by atoms with E-state index in [9.17, 15) is 13.2 Å². The maximum atomic E-state index is 13.8. The molecule has 0 aliphatic rings. The van der Waals surface area contributed by atoms with Crippen molar-refractivity contribution in [1.29, 1.82) is 0 Å². The van der Waals surface area contributed by atoms with Gasteiger partial charge in [-0.15, -0.1) is 0 Å². The zero-order valence-electron chi connectivity index (χ0n) is 11.3. The molecule has 0 bridgehead atoms. The predicted molar refractivity (Wildman–Crippen MR) is 75.1 cm³/mol. The minimum absolute atomic E-state index is 0.148. The number of nitrogens with two attached hydrogens (primary N) is 1. The molecule has 0 saturated carbocycles. The lowest BCUT2D eigenvalue weighted by Crippen LogP contribution is -2.20. The second-order valence-electron chi connectivity index (χ2n) is 4.92. The second kappa shape index (κ2) is 6.74. The van der Waals surface area contributed by atoms with Crippen LogP contribution in [0.15, 0.2) is 36.4 Å². The van der Waals surface area contributed by atoms with Gasteiger partial charge < -0.3 is 10.8 Å². The minimum atomic E-state index is -0.704. The highest BCUT2D eigenvalue weighted by molar-refractivity contribution is 5.65. The third-order valence-electron chi connectivity index (χ3n) is 3.39. The third kappa shape index (κ3) is 3.62. The largest absolute Gasteiger partial charge is 0.396 e. The number of hydrogen-bond donors (Lipinski definition) is 2. The van der Waals surface area contributed by atoms with Crippen LogP contribution in [0, 0.1) is 23.4 Å². The van der Waals surface area contributed by atoms with Gasteiger partial charge in [-0.3, -0.25) is 0 Å². The number of hydrogen-bond acceptors (Lipinski definition) is 2. The molecule has 1 unspecified atom stereocenters. The Balaban J connectivity index is 2.38. The highest BCUT2D eigenvalue weighted by atomic mass is 19.1. The normalized spacial score (nSPS) is 12.4. The van der Waals surface area contributed by atoms with E-state index in [0.29, 0.717) is 11.1 Å². The molecule has 0 radical (unpaired) electrons. The molecule has 0 spiro atoms.